The van der Waals surface area contributed by atoms with Crippen LogP contribution in [0.15, 0.2) is 59.8 Å². The molecule has 0 saturated carbocycles. The summed E-state index contributed by atoms with van der Waals surface area (Å²) in [5.74, 6) is 1.34. The van der Waals surface area contributed by atoms with Crippen LogP contribution in [0.1, 0.15) is 13.3 Å². The summed E-state index contributed by atoms with van der Waals surface area (Å²) in [6.07, 6.45) is 0.371. The van der Waals surface area contributed by atoms with Crippen LogP contribution in [0.2, 0.25) is 0 Å². The standard InChI is InChI=1S/C18H19N5O2S/c1-2-25-16-10-8-15(9-11-16)23-18(20-21-22-23)26-13-12-17(24)19-14-6-4-3-5-7-14/h3-11H,2,12-13H2,1H3,(H,19,24). The Balaban J connectivity index is 1.55. The maximum absolute atomic E-state index is 12.0. The fourth-order valence-corrected chi connectivity index (χ4v) is 3.09. The van der Waals surface area contributed by atoms with Crippen molar-refractivity contribution in [1.82, 2.24) is 20.2 Å². The molecule has 0 atom stereocenters. The normalized spacial score (nSPS) is 10.5. The average molecular weight is 369 g/mol. The summed E-state index contributed by atoms with van der Waals surface area (Å²) < 4.78 is 7.09. The van der Waals surface area contributed by atoms with E-state index in [9.17, 15) is 4.79 Å². The number of benzene rings is 2. The number of tetrazole rings is 1. The number of nitrogens with one attached hydrogen (secondary N) is 1. The van der Waals surface area contributed by atoms with E-state index in [0.717, 1.165) is 17.1 Å². The van der Waals surface area contributed by atoms with Gasteiger partial charge in [0.15, 0.2) is 0 Å². The van der Waals surface area contributed by atoms with Gasteiger partial charge in [0.25, 0.3) is 0 Å². The lowest BCUT2D eigenvalue weighted by atomic mass is 10.3. The quantitative estimate of drug-likeness (QED) is 0.614. The summed E-state index contributed by atoms with van der Waals surface area (Å²) in [5.41, 5.74) is 1.64. The van der Waals surface area contributed by atoms with Crippen LogP contribution < -0.4 is 10.1 Å². The topological polar surface area (TPSA) is 81.9 Å². The molecule has 134 valence electrons. The zero-order valence-electron chi connectivity index (χ0n) is 14.3. The number of anilines is 1. The molecule has 8 heteroatoms. The van der Waals surface area contributed by atoms with Crippen LogP contribution in [-0.4, -0.2) is 38.5 Å². The number of thioether (sulfide) groups is 1. The van der Waals surface area contributed by atoms with Crippen molar-refractivity contribution < 1.29 is 9.53 Å². The van der Waals surface area contributed by atoms with Crippen molar-refractivity contribution in [1.29, 1.82) is 0 Å². The third kappa shape index (κ3) is 4.82. The number of hydrogen-bond acceptors (Lipinski definition) is 6. The Hall–Kier alpha value is -2.87. The summed E-state index contributed by atoms with van der Waals surface area (Å²) in [4.78, 5) is 12.0. The van der Waals surface area contributed by atoms with Gasteiger partial charge in [0, 0.05) is 17.9 Å². The molecule has 7 nitrogen and oxygen atoms in total. The molecule has 0 aliphatic rings. The fraction of sp³-hybridized carbons (Fsp3) is 0.222. The maximum atomic E-state index is 12.0. The number of rotatable bonds is 8. The van der Waals surface area contributed by atoms with Gasteiger partial charge in [0.05, 0.1) is 12.3 Å². The van der Waals surface area contributed by atoms with Crippen molar-refractivity contribution in [3.63, 3.8) is 0 Å². The van der Waals surface area contributed by atoms with Gasteiger partial charge in [0.1, 0.15) is 5.75 Å². The highest BCUT2D eigenvalue weighted by Crippen LogP contribution is 2.21. The minimum Gasteiger partial charge on any atom is -0.494 e. The van der Waals surface area contributed by atoms with E-state index in [4.69, 9.17) is 4.74 Å². The molecule has 0 saturated heterocycles. The molecule has 2 aromatic carbocycles. The first kappa shape index (κ1) is 17.9. The minimum atomic E-state index is -0.0382. The van der Waals surface area contributed by atoms with Crippen LogP contribution in [0, 0.1) is 0 Å². The number of carbonyl (C=O) groups excluding carboxylic acids is 1. The summed E-state index contributed by atoms with van der Waals surface area (Å²) in [6.45, 7) is 2.56. The molecule has 0 spiro atoms. The number of hydrogen-bond donors (Lipinski definition) is 1. The van der Waals surface area contributed by atoms with Crippen LogP contribution in [0.5, 0.6) is 5.75 Å². The molecule has 0 bridgehead atoms. The molecule has 0 fully saturated rings. The number of aromatic nitrogens is 4. The third-order valence-corrected chi connectivity index (χ3v) is 4.37. The van der Waals surface area contributed by atoms with Gasteiger partial charge in [-0.25, -0.2) is 0 Å². The van der Waals surface area contributed by atoms with E-state index >= 15 is 0 Å². The lowest BCUT2D eigenvalue weighted by Gasteiger charge is -2.07. The van der Waals surface area contributed by atoms with Crippen molar-refractivity contribution in [3.8, 4) is 11.4 Å². The van der Waals surface area contributed by atoms with E-state index in [0.29, 0.717) is 23.9 Å². The zero-order valence-corrected chi connectivity index (χ0v) is 15.1. The highest BCUT2D eigenvalue weighted by molar-refractivity contribution is 7.99. The Morgan fingerprint density at radius 3 is 2.65 bits per heavy atom. The van der Waals surface area contributed by atoms with Gasteiger partial charge in [0.2, 0.25) is 11.1 Å². The molecule has 1 heterocycles. The molecule has 0 aliphatic carbocycles. The SMILES string of the molecule is CCOc1ccc(-n2nnnc2SCCC(=O)Nc2ccccc2)cc1. The van der Waals surface area contributed by atoms with Crippen molar-refractivity contribution in [2.45, 2.75) is 18.5 Å². The Bertz CT molecular complexity index is 836. The second kappa shape index (κ2) is 9.00. The average Bonchev–Trinajstić information content (AvgIpc) is 3.12. The minimum absolute atomic E-state index is 0.0382. The summed E-state index contributed by atoms with van der Waals surface area (Å²) in [7, 11) is 0. The Kier molecular flexibility index (Phi) is 6.21. The molecule has 1 N–H and O–H groups in total. The summed E-state index contributed by atoms with van der Waals surface area (Å²) >= 11 is 1.44. The van der Waals surface area contributed by atoms with Gasteiger partial charge in [-0.3, -0.25) is 4.79 Å². The Morgan fingerprint density at radius 1 is 1.15 bits per heavy atom. The molecule has 0 aliphatic heterocycles. The van der Waals surface area contributed by atoms with Crippen molar-refractivity contribution in [2.24, 2.45) is 0 Å². The van der Waals surface area contributed by atoms with Crippen LogP contribution >= 0.6 is 11.8 Å². The van der Waals surface area contributed by atoms with Crippen LogP contribution in [0.25, 0.3) is 5.69 Å². The van der Waals surface area contributed by atoms with E-state index in [1.165, 1.54) is 11.8 Å². The lowest BCUT2D eigenvalue weighted by molar-refractivity contribution is -0.115. The van der Waals surface area contributed by atoms with Crippen molar-refractivity contribution in [3.05, 3.63) is 54.6 Å². The van der Waals surface area contributed by atoms with E-state index < -0.39 is 0 Å². The van der Waals surface area contributed by atoms with Crippen LogP contribution in [-0.2, 0) is 4.79 Å². The van der Waals surface area contributed by atoms with Gasteiger partial charge in [-0.2, -0.15) is 4.68 Å². The first-order valence-corrected chi connectivity index (χ1v) is 9.24. The largest absolute Gasteiger partial charge is 0.494 e. The van der Waals surface area contributed by atoms with E-state index in [1.54, 1.807) is 4.68 Å². The first-order chi connectivity index (χ1) is 12.8. The lowest BCUT2D eigenvalue weighted by Crippen LogP contribution is -2.12. The molecular weight excluding hydrogens is 350 g/mol. The van der Waals surface area contributed by atoms with E-state index in [2.05, 4.69) is 20.8 Å². The van der Waals surface area contributed by atoms with Crippen molar-refractivity contribution in [2.75, 3.05) is 17.7 Å². The molecule has 26 heavy (non-hydrogen) atoms. The van der Waals surface area contributed by atoms with E-state index in [-0.39, 0.29) is 5.91 Å². The highest BCUT2D eigenvalue weighted by atomic mass is 32.2. The predicted octanol–water partition coefficient (Wildman–Crippen LogP) is 3.18. The monoisotopic (exact) mass is 369 g/mol. The van der Waals surface area contributed by atoms with Crippen LogP contribution in [0.4, 0.5) is 5.69 Å². The van der Waals surface area contributed by atoms with Crippen LogP contribution in [0.3, 0.4) is 0 Å². The fourth-order valence-electron chi connectivity index (χ4n) is 2.26. The van der Waals surface area contributed by atoms with Gasteiger partial charge in [-0.1, -0.05) is 30.0 Å². The number of ether oxygens (including phenoxy) is 1. The predicted molar refractivity (Wildman–Crippen MR) is 101 cm³/mol. The molecule has 1 aromatic heterocycles. The van der Waals surface area contributed by atoms with Gasteiger partial charge in [-0.05, 0) is 53.7 Å². The van der Waals surface area contributed by atoms with Gasteiger partial charge in [-0.15, -0.1) is 5.10 Å². The van der Waals surface area contributed by atoms with Crippen molar-refractivity contribution >= 4 is 23.4 Å². The van der Waals surface area contributed by atoms with E-state index in [1.807, 2.05) is 61.5 Å². The Morgan fingerprint density at radius 2 is 1.92 bits per heavy atom. The zero-order chi connectivity index (χ0) is 18.2. The number of carbonyl (C=O) groups is 1. The smallest absolute Gasteiger partial charge is 0.225 e. The maximum Gasteiger partial charge on any atom is 0.225 e. The Labute approximate surface area is 155 Å². The second-order valence-corrected chi connectivity index (χ2v) is 6.37. The highest BCUT2D eigenvalue weighted by Gasteiger charge is 2.10. The van der Waals surface area contributed by atoms with Gasteiger partial charge >= 0.3 is 0 Å². The second-order valence-electron chi connectivity index (χ2n) is 5.31. The molecule has 0 unspecified atom stereocenters. The number of para-hydroxylation sites is 1. The first-order valence-electron chi connectivity index (χ1n) is 8.25. The van der Waals surface area contributed by atoms with Gasteiger partial charge < -0.3 is 10.1 Å². The third-order valence-electron chi connectivity index (χ3n) is 3.45. The summed E-state index contributed by atoms with van der Waals surface area (Å²) in [5, 5.41) is 15.3. The molecule has 1 amide bonds. The molecular formula is C18H19N5O2S. The molecule has 0 radical (unpaired) electrons. The number of nitrogens with zero attached hydrogens (tertiary/aromatic N) is 4. The molecule has 3 rings (SSSR count). The molecule has 3 aromatic rings. The summed E-state index contributed by atoms with van der Waals surface area (Å²) in [6, 6.07) is 16.9. The number of amides is 1.